The Hall–Kier alpha value is -0.910. The Bertz CT molecular complexity index is 339. The SMILES string of the molecule is Nc1cc(C#CCCl)cnc1Cl. The van der Waals surface area contributed by atoms with Gasteiger partial charge in [-0.25, -0.2) is 4.98 Å². The van der Waals surface area contributed by atoms with Gasteiger partial charge in [0.1, 0.15) is 0 Å². The minimum absolute atomic E-state index is 0.294. The van der Waals surface area contributed by atoms with Crippen LogP contribution in [-0.2, 0) is 0 Å². The summed E-state index contributed by atoms with van der Waals surface area (Å²) in [6, 6.07) is 1.66. The van der Waals surface area contributed by atoms with Crippen molar-refractivity contribution in [2.75, 3.05) is 11.6 Å². The fourth-order valence-corrected chi connectivity index (χ4v) is 0.839. The minimum Gasteiger partial charge on any atom is -0.396 e. The Morgan fingerprint density at radius 2 is 2.33 bits per heavy atom. The van der Waals surface area contributed by atoms with Crippen molar-refractivity contribution in [2.45, 2.75) is 0 Å². The minimum atomic E-state index is 0.294. The zero-order valence-corrected chi connectivity index (χ0v) is 7.65. The monoisotopic (exact) mass is 200 g/mol. The number of aromatic nitrogens is 1. The quantitative estimate of drug-likeness (QED) is 0.395. The molecule has 4 heteroatoms. The van der Waals surface area contributed by atoms with E-state index in [0.717, 1.165) is 5.56 Å². The molecular weight excluding hydrogens is 195 g/mol. The van der Waals surface area contributed by atoms with E-state index in [1.807, 2.05) is 0 Å². The van der Waals surface area contributed by atoms with Gasteiger partial charge >= 0.3 is 0 Å². The van der Waals surface area contributed by atoms with Crippen LogP contribution in [0.25, 0.3) is 0 Å². The average Bonchev–Trinajstić information content (AvgIpc) is 2.07. The van der Waals surface area contributed by atoms with Crippen molar-refractivity contribution in [1.29, 1.82) is 0 Å². The zero-order valence-electron chi connectivity index (χ0n) is 6.14. The Morgan fingerprint density at radius 3 is 2.92 bits per heavy atom. The van der Waals surface area contributed by atoms with Crippen LogP contribution in [0.3, 0.4) is 0 Å². The first kappa shape index (κ1) is 9.18. The van der Waals surface area contributed by atoms with E-state index in [4.69, 9.17) is 28.9 Å². The topological polar surface area (TPSA) is 38.9 Å². The smallest absolute Gasteiger partial charge is 0.151 e. The lowest BCUT2D eigenvalue weighted by atomic mass is 10.3. The van der Waals surface area contributed by atoms with E-state index < -0.39 is 0 Å². The van der Waals surface area contributed by atoms with Crippen LogP contribution in [0.5, 0.6) is 0 Å². The number of pyridine rings is 1. The molecule has 0 spiro atoms. The van der Waals surface area contributed by atoms with Crippen LogP contribution in [0.15, 0.2) is 12.3 Å². The number of nitrogens with two attached hydrogens (primary N) is 1. The first-order valence-corrected chi connectivity index (χ1v) is 4.11. The molecule has 0 saturated carbocycles. The van der Waals surface area contributed by atoms with Crippen molar-refractivity contribution in [3.63, 3.8) is 0 Å². The third-order valence-electron chi connectivity index (χ3n) is 1.17. The van der Waals surface area contributed by atoms with Crippen LogP contribution in [0.4, 0.5) is 5.69 Å². The first-order chi connectivity index (χ1) is 5.74. The summed E-state index contributed by atoms with van der Waals surface area (Å²) in [5.74, 6) is 5.76. The first-order valence-electron chi connectivity index (χ1n) is 3.20. The molecule has 0 saturated heterocycles. The number of hydrogen-bond acceptors (Lipinski definition) is 2. The normalized spacial score (nSPS) is 8.83. The summed E-state index contributed by atoms with van der Waals surface area (Å²) in [5.41, 5.74) is 6.65. The van der Waals surface area contributed by atoms with Crippen molar-refractivity contribution >= 4 is 28.9 Å². The highest BCUT2D eigenvalue weighted by Crippen LogP contribution is 2.15. The molecule has 0 aliphatic carbocycles. The number of alkyl halides is 1. The highest BCUT2D eigenvalue weighted by molar-refractivity contribution is 6.31. The molecule has 2 N–H and O–H groups in total. The van der Waals surface area contributed by atoms with Crippen LogP contribution < -0.4 is 5.73 Å². The third kappa shape index (κ3) is 2.30. The molecular formula is C8H6Cl2N2. The lowest BCUT2D eigenvalue weighted by Crippen LogP contribution is -1.90. The van der Waals surface area contributed by atoms with Crippen molar-refractivity contribution in [2.24, 2.45) is 0 Å². The van der Waals surface area contributed by atoms with E-state index in [1.54, 1.807) is 12.3 Å². The summed E-state index contributed by atoms with van der Waals surface area (Å²) in [6.07, 6.45) is 1.55. The summed E-state index contributed by atoms with van der Waals surface area (Å²) in [4.78, 5) is 3.83. The molecule has 1 aromatic rings. The third-order valence-corrected chi connectivity index (χ3v) is 1.62. The summed E-state index contributed by atoms with van der Waals surface area (Å²) in [6.45, 7) is 0. The molecule has 0 fully saturated rings. The lowest BCUT2D eigenvalue weighted by Gasteiger charge is -1.95. The number of hydrogen-bond donors (Lipinski definition) is 1. The van der Waals surface area contributed by atoms with Gasteiger partial charge in [-0.15, -0.1) is 11.6 Å². The maximum absolute atomic E-state index is 5.60. The van der Waals surface area contributed by atoms with Crippen LogP contribution >= 0.6 is 23.2 Å². The van der Waals surface area contributed by atoms with Gasteiger partial charge in [-0.2, -0.15) is 0 Å². The highest BCUT2D eigenvalue weighted by Gasteiger charge is 1.96. The van der Waals surface area contributed by atoms with Gasteiger partial charge in [0.2, 0.25) is 0 Å². The van der Waals surface area contributed by atoms with Crippen molar-refractivity contribution in [3.8, 4) is 11.8 Å². The van der Waals surface area contributed by atoms with Gasteiger partial charge in [0.25, 0.3) is 0 Å². The van der Waals surface area contributed by atoms with Gasteiger partial charge in [-0.1, -0.05) is 23.4 Å². The molecule has 0 amide bonds. The summed E-state index contributed by atoms with van der Waals surface area (Å²) in [5, 5.41) is 0.298. The fourth-order valence-electron chi connectivity index (χ4n) is 0.669. The molecule has 0 unspecified atom stereocenters. The van der Waals surface area contributed by atoms with Crippen LogP contribution in [-0.4, -0.2) is 10.9 Å². The molecule has 1 rings (SSSR count). The van der Waals surface area contributed by atoms with E-state index in [-0.39, 0.29) is 0 Å². The Kier molecular flexibility index (Phi) is 3.21. The second-order valence-corrected chi connectivity index (χ2v) is 2.66. The van der Waals surface area contributed by atoms with Gasteiger partial charge in [0.05, 0.1) is 11.6 Å². The summed E-state index contributed by atoms with van der Waals surface area (Å²) in [7, 11) is 0. The molecule has 0 aliphatic rings. The van der Waals surface area contributed by atoms with Crippen molar-refractivity contribution in [3.05, 3.63) is 23.0 Å². The van der Waals surface area contributed by atoms with Gasteiger partial charge in [-0.05, 0) is 6.07 Å². The number of anilines is 1. The Balaban J connectivity index is 2.97. The van der Waals surface area contributed by atoms with E-state index in [9.17, 15) is 0 Å². The largest absolute Gasteiger partial charge is 0.396 e. The summed E-state index contributed by atoms with van der Waals surface area (Å²) < 4.78 is 0. The second-order valence-electron chi connectivity index (χ2n) is 2.04. The fraction of sp³-hybridized carbons (Fsp3) is 0.125. The molecule has 1 aromatic heterocycles. The highest BCUT2D eigenvalue weighted by atomic mass is 35.5. The van der Waals surface area contributed by atoms with Crippen LogP contribution in [0.2, 0.25) is 5.15 Å². The summed E-state index contributed by atoms with van der Waals surface area (Å²) >= 11 is 11.0. The average molecular weight is 201 g/mol. The molecule has 0 radical (unpaired) electrons. The van der Waals surface area contributed by atoms with E-state index in [0.29, 0.717) is 16.7 Å². The molecule has 62 valence electrons. The van der Waals surface area contributed by atoms with Gasteiger partial charge in [0, 0.05) is 11.8 Å². The second kappa shape index (κ2) is 4.20. The van der Waals surface area contributed by atoms with E-state index >= 15 is 0 Å². The van der Waals surface area contributed by atoms with Crippen LogP contribution in [0, 0.1) is 11.8 Å². The number of nitrogens with zero attached hydrogens (tertiary/aromatic N) is 1. The number of halogens is 2. The van der Waals surface area contributed by atoms with Gasteiger partial charge in [0.15, 0.2) is 5.15 Å². The standard InChI is InChI=1S/C8H6Cl2N2/c9-3-1-2-6-4-7(11)8(10)12-5-6/h4-5H,3,11H2. The van der Waals surface area contributed by atoms with Gasteiger partial charge in [-0.3, -0.25) is 0 Å². The lowest BCUT2D eigenvalue weighted by molar-refractivity contribution is 1.32. The van der Waals surface area contributed by atoms with E-state index in [1.165, 1.54) is 0 Å². The van der Waals surface area contributed by atoms with Crippen molar-refractivity contribution in [1.82, 2.24) is 4.98 Å². The predicted molar refractivity (Wildman–Crippen MR) is 51.3 cm³/mol. The van der Waals surface area contributed by atoms with Gasteiger partial charge < -0.3 is 5.73 Å². The van der Waals surface area contributed by atoms with Crippen molar-refractivity contribution < 1.29 is 0 Å². The molecule has 2 nitrogen and oxygen atoms in total. The van der Waals surface area contributed by atoms with E-state index in [2.05, 4.69) is 16.8 Å². The number of rotatable bonds is 0. The molecule has 0 atom stereocenters. The Morgan fingerprint density at radius 1 is 1.58 bits per heavy atom. The molecule has 0 bridgehead atoms. The maximum Gasteiger partial charge on any atom is 0.151 e. The molecule has 0 aromatic carbocycles. The molecule has 0 aliphatic heterocycles. The Labute approximate surface area is 80.7 Å². The number of nitrogen functional groups attached to an aromatic ring is 1. The molecule has 1 heterocycles. The maximum atomic E-state index is 5.60. The van der Waals surface area contributed by atoms with Crippen LogP contribution in [0.1, 0.15) is 5.56 Å². The zero-order chi connectivity index (χ0) is 8.97. The molecule has 12 heavy (non-hydrogen) atoms. The predicted octanol–water partition coefficient (Wildman–Crippen LogP) is 1.91.